The third kappa shape index (κ3) is 18.8. The Labute approximate surface area is 785 Å². The third-order valence-corrected chi connectivity index (χ3v) is 24.6. The second kappa shape index (κ2) is 37.2. The Morgan fingerprint density at radius 1 is 0.473 bits per heavy atom. The number of H-pyrrole nitrogens is 2. The number of benzene rings is 6. The van der Waals surface area contributed by atoms with E-state index < -0.39 is 0 Å². The first-order valence-electron chi connectivity index (χ1n) is 41.1. The summed E-state index contributed by atoms with van der Waals surface area (Å²) in [7, 11) is 3.78. The third-order valence-electron chi connectivity index (χ3n) is 21.2. The minimum atomic E-state index is -0.225. The van der Waals surface area contributed by atoms with Crippen molar-refractivity contribution in [2.24, 2.45) is 0 Å². The Morgan fingerprint density at radius 2 is 1.05 bits per heavy atom. The molecule has 0 spiro atoms. The molecule has 14 aromatic heterocycles. The summed E-state index contributed by atoms with van der Waals surface area (Å²) < 4.78 is 12.5. The second-order valence-electron chi connectivity index (χ2n) is 32.5. The Kier molecular flexibility index (Phi) is 25.7. The molecule has 14 heterocycles. The number of nitrogen functional groups attached to an aromatic ring is 5. The zero-order valence-electron chi connectivity index (χ0n) is 73.7. The van der Waals surface area contributed by atoms with Crippen LogP contribution in [0.1, 0.15) is 95.9 Å². The second-order valence-corrected chi connectivity index (χ2v) is 37.0. The largest absolute Gasteiger partial charge is 0.469 e. The maximum absolute atomic E-state index is 6.49. The highest BCUT2D eigenvalue weighted by atomic mass is 35.5. The zero-order valence-corrected chi connectivity index (χ0v) is 79.1. The molecule has 0 saturated heterocycles. The van der Waals surface area contributed by atoms with Crippen molar-refractivity contribution in [2.75, 3.05) is 47.7 Å². The van der Waals surface area contributed by atoms with Crippen molar-refractivity contribution >= 4 is 170 Å². The number of thiophene rings is 1. The summed E-state index contributed by atoms with van der Waals surface area (Å²) in [5, 5.41) is 18.3. The number of aryl methyl sites for hydroxylation is 8. The number of aromatic amines is 2. The van der Waals surface area contributed by atoms with Crippen molar-refractivity contribution in [3.63, 3.8) is 0 Å². The van der Waals surface area contributed by atoms with Gasteiger partial charge in [0, 0.05) is 110 Å². The molecule has 660 valence electrons. The summed E-state index contributed by atoms with van der Waals surface area (Å²) >= 11 is 35.5. The van der Waals surface area contributed by atoms with E-state index in [1.807, 2.05) is 209 Å². The summed E-state index contributed by atoms with van der Waals surface area (Å²) in [6.07, 6.45) is 11.8. The van der Waals surface area contributed by atoms with E-state index in [9.17, 15) is 0 Å². The number of nitrogens with two attached hydrogens (primary N) is 5. The van der Waals surface area contributed by atoms with Gasteiger partial charge in [0.05, 0.1) is 120 Å². The van der Waals surface area contributed by atoms with Crippen LogP contribution < -0.4 is 33.6 Å². The molecule has 0 aliphatic rings. The van der Waals surface area contributed by atoms with Gasteiger partial charge in [-0.1, -0.05) is 135 Å². The molecule has 0 radical (unpaired) electrons. The lowest BCUT2D eigenvalue weighted by Crippen LogP contribution is -2.18. The van der Waals surface area contributed by atoms with Gasteiger partial charge in [-0.15, -0.1) is 22.7 Å². The topological polar surface area (TPSA) is 415 Å². The number of nitrogens with one attached hydrogen (secondary N) is 2. The van der Waals surface area contributed by atoms with E-state index in [4.69, 9.17) is 115 Å². The molecule has 0 saturated carbocycles. The SMILES string of the molecule is Cc1[nH]nc2c(Cl)cc(-c3nc(N(C)C)c(N)nc3-c3ccccc3)cc12.Cc1cc(-c2nc(N)c(C(C)C)nc2-c2cc(Cl)c3ncccc3c2)co1.Cc1ccc(-c2nc(N)c(C(C)(C)C)nc2-c2cc(Cl)c3nc[nH]c3c2)s1.Cc1ccn(-c2nc(N)c(C)nc2-c2cc(Cl)c3ocnc3c2C)n1.Cc1ncc(-c2nc(N)c(C)nc2-c2cc(Cl)c3ncccc3c2)s1. The summed E-state index contributed by atoms with van der Waals surface area (Å²) in [5.41, 5.74) is 53.7. The van der Waals surface area contributed by atoms with E-state index in [-0.39, 0.29) is 11.3 Å². The van der Waals surface area contributed by atoms with Gasteiger partial charge in [-0.3, -0.25) is 15.1 Å². The number of anilines is 6. The molecular formula is C96H87Cl5N26O2S2. The van der Waals surface area contributed by atoms with Crippen LogP contribution in [0, 0.1) is 55.4 Å². The van der Waals surface area contributed by atoms with E-state index >= 15 is 0 Å². The molecule has 6 aromatic carbocycles. The minimum absolute atomic E-state index is 0.147. The van der Waals surface area contributed by atoms with E-state index in [2.05, 4.69) is 115 Å². The quantitative estimate of drug-likeness (QED) is 0.0597. The standard InChI is InChI=1S/C21H19ClN4O.C20H19ClN6.C20H20ClN5S.C18H14ClN5S.C17H15ClN6O/c1-11(2)17-21(23)26-20(15-7-12(3)27-10-15)19(25-17)14-8-13-5-4-6-24-18(13)16(22)9-14;1-11-14-9-13(10-15(21)18(14)26-25-11)17-16(12-7-5-4-6-8-12)23-19(22)20(24-17)27(2)3;1-10-5-6-14(27-10)17-15(25-18(19(22)26-17)20(2,3)4)11-7-12(21)16-13(8-11)23-9-24-16;1-9-18(20)24-17(14-8-22-10(2)25-14)16(23-9)12-6-11-4-3-5-21-15(11)13(19)7-12;1-8-4-5-24(23-8)17-14(21-10(3)16(19)22-17)11-6-12(18)15-13(9(11)2)20-7-25-15/h4-11H,1-3H3,(H2,23,26);4-10H,1-3H3,(H2,22,23)(H,25,26);5-9H,1-4H3,(H2,22,26)(H,23,24);3-8H,1-2H3,(H2,20,24);4-7H,1-3H3,(H2,19,22). The van der Waals surface area contributed by atoms with Gasteiger partial charge in [0.15, 0.2) is 29.4 Å². The molecule has 0 atom stereocenters. The van der Waals surface area contributed by atoms with Crippen LogP contribution in [-0.4, -0.2) is 114 Å². The highest BCUT2D eigenvalue weighted by Crippen LogP contribution is 2.45. The highest BCUT2D eigenvalue weighted by Gasteiger charge is 2.29. The summed E-state index contributed by atoms with van der Waals surface area (Å²) in [6, 6.07) is 42.9. The summed E-state index contributed by atoms with van der Waals surface area (Å²) in [6.45, 7) is 25.7. The molecule has 35 heteroatoms. The lowest BCUT2D eigenvalue weighted by atomic mass is 9.91. The monoisotopic (exact) mass is 1870 g/mol. The van der Waals surface area contributed by atoms with Crippen LogP contribution in [-0.2, 0) is 5.41 Å². The molecule has 0 unspecified atom stereocenters. The van der Waals surface area contributed by atoms with Crippen LogP contribution >= 0.6 is 80.7 Å². The number of furan rings is 1. The van der Waals surface area contributed by atoms with Crippen molar-refractivity contribution in [3.8, 4) is 106 Å². The zero-order chi connectivity index (χ0) is 92.9. The van der Waals surface area contributed by atoms with Gasteiger partial charge in [0.1, 0.15) is 74.6 Å². The maximum atomic E-state index is 6.49. The van der Waals surface area contributed by atoms with Crippen molar-refractivity contribution in [3.05, 3.63) is 258 Å². The predicted octanol–water partition coefficient (Wildman–Crippen LogP) is 23.8. The number of aromatic nitrogens is 20. The van der Waals surface area contributed by atoms with Crippen LogP contribution in [0.4, 0.5) is 34.9 Å². The van der Waals surface area contributed by atoms with E-state index in [1.165, 1.54) is 11.3 Å². The number of thiazole rings is 1. The first-order chi connectivity index (χ1) is 62.6. The lowest BCUT2D eigenvalue weighted by Gasteiger charge is -2.21. The number of rotatable bonds is 12. The molecule has 0 aliphatic carbocycles. The summed E-state index contributed by atoms with van der Waals surface area (Å²) in [5.74, 6) is 4.14. The van der Waals surface area contributed by atoms with Crippen molar-refractivity contribution in [2.45, 2.75) is 101 Å². The van der Waals surface area contributed by atoms with E-state index in [0.29, 0.717) is 105 Å². The fraction of sp³-hybridized carbons (Fsp3) is 0.177. The number of fused-ring (bicyclic) bond motifs is 5. The Hall–Kier alpha value is -14.0. The first-order valence-corrected chi connectivity index (χ1v) is 44.6. The fourth-order valence-electron chi connectivity index (χ4n) is 14.7. The molecule has 131 heavy (non-hydrogen) atoms. The lowest BCUT2D eigenvalue weighted by molar-refractivity contribution is 0.535. The molecule has 12 N–H and O–H groups in total. The van der Waals surface area contributed by atoms with Gasteiger partial charge < -0.3 is 47.4 Å². The Morgan fingerprint density at radius 3 is 1.66 bits per heavy atom. The van der Waals surface area contributed by atoms with E-state index in [1.54, 1.807) is 58.5 Å². The number of nitrogens with zero attached hydrogens (tertiary/aromatic N) is 19. The molecule has 0 fully saturated rings. The van der Waals surface area contributed by atoms with Gasteiger partial charge in [0.2, 0.25) is 0 Å². The highest BCUT2D eigenvalue weighted by molar-refractivity contribution is 7.15. The molecule has 20 rings (SSSR count). The van der Waals surface area contributed by atoms with Gasteiger partial charge >= 0.3 is 0 Å². The van der Waals surface area contributed by atoms with E-state index in [0.717, 1.165) is 166 Å². The molecular weight excluding hydrogens is 1790 g/mol. The van der Waals surface area contributed by atoms with Gasteiger partial charge in [-0.2, -0.15) is 10.2 Å². The van der Waals surface area contributed by atoms with Gasteiger partial charge in [-0.05, 0) is 158 Å². The van der Waals surface area contributed by atoms with Gasteiger partial charge in [0.25, 0.3) is 0 Å². The number of imidazole rings is 1. The molecule has 20 aromatic rings. The average molecular weight is 1880 g/mol. The average Bonchev–Trinajstić information content (AvgIpc) is 1.77. The van der Waals surface area contributed by atoms with Crippen LogP contribution in [0.5, 0.6) is 0 Å². The normalized spacial score (nSPS) is 11.4. The molecule has 28 nitrogen and oxygen atoms in total. The molecule has 0 amide bonds. The van der Waals surface area contributed by atoms with Crippen molar-refractivity contribution in [1.82, 2.24) is 99.7 Å². The van der Waals surface area contributed by atoms with Gasteiger partial charge in [-0.25, -0.2) is 69.5 Å². The summed E-state index contributed by atoms with van der Waals surface area (Å²) in [4.78, 5) is 76.8. The fourth-order valence-corrected chi connectivity index (χ4v) is 17.7. The maximum Gasteiger partial charge on any atom is 0.182 e. The van der Waals surface area contributed by atoms with Crippen molar-refractivity contribution < 1.29 is 8.83 Å². The Bertz CT molecular complexity index is 7760. The Balaban J connectivity index is 0.000000120. The first kappa shape index (κ1) is 90.4. The smallest absolute Gasteiger partial charge is 0.182 e. The number of oxazole rings is 1. The number of halogens is 5. The predicted molar refractivity (Wildman–Crippen MR) is 532 cm³/mol. The van der Waals surface area contributed by atoms with Crippen LogP contribution in [0.25, 0.3) is 161 Å². The number of hydrogen-bond acceptors (Lipinski definition) is 27. The molecule has 0 aliphatic heterocycles. The minimum Gasteiger partial charge on any atom is -0.469 e. The van der Waals surface area contributed by atoms with Crippen LogP contribution in [0.3, 0.4) is 0 Å². The molecule has 0 bridgehead atoms. The number of hydrogen-bond donors (Lipinski definition) is 7. The number of pyridine rings is 2. The van der Waals surface area contributed by atoms with Crippen molar-refractivity contribution in [1.29, 1.82) is 0 Å². The van der Waals surface area contributed by atoms with Crippen LogP contribution in [0.15, 0.2) is 186 Å². The van der Waals surface area contributed by atoms with Crippen LogP contribution in [0.2, 0.25) is 25.1 Å².